The van der Waals surface area contributed by atoms with E-state index in [0.717, 1.165) is 24.9 Å². The van der Waals surface area contributed by atoms with Gasteiger partial charge in [0, 0.05) is 43.2 Å². The maximum Gasteiger partial charge on any atom is 0.416 e. The van der Waals surface area contributed by atoms with Crippen molar-refractivity contribution in [2.75, 3.05) is 30.8 Å². The van der Waals surface area contributed by atoms with E-state index in [2.05, 4.69) is 30.5 Å². The Bertz CT molecular complexity index is 1660. The summed E-state index contributed by atoms with van der Waals surface area (Å²) >= 11 is 6.43. The number of amides is 1. The van der Waals surface area contributed by atoms with Gasteiger partial charge in [-0.1, -0.05) is 11.6 Å². The summed E-state index contributed by atoms with van der Waals surface area (Å²) in [5.74, 6) is -0.730. The molecular weight excluding hydrogens is 537 g/mol. The Hall–Kier alpha value is -4.16. The number of hydrogen-bond acceptors (Lipinski definition) is 7. The lowest BCUT2D eigenvalue weighted by atomic mass is 9.92. The Morgan fingerprint density at radius 2 is 2.00 bits per heavy atom. The highest BCUT2D eigenvalue weighted by molar-refractivity contribution is 6.36. The molecule has 0 aliphatic carbocycles. The van der Waals surface area contributed by atoms with Gasteiger partial charge in [0.15, 0.2) is 5.78 Å². The number of nitrogens with one attached hydrogen (secondary N) is 3. The number of fused-ring (bicyclic) bond motifs is 3. The first-order valence-electron chi connectivity index (χ1n) is 11.9. The third-order valence-electron chi connectivity index (χ3n) is 6.92. The average Bonchev–Trinajstić information content (AvgIpc) is 3.49. The minimum atomic E-state index is -4.55. The average molecular weight is 557 g/mol. The van der Waals surface area contributed by atoms with Crippen molar-refractivity contribution >= 4 is 45.7 Å². The van der Waals surface area contributed by atoms with E-state index in [1.807, 2.05) is 7.05 Å². The summed E-state index contributed by atoms with van der Waals surface area (Å²) < 4.78 is 44.5. The quantitative estimate of drug-likeness (QED) is 0.300. The van der Waals surface area contributed by atoms with Crippen molar-refractivity contribution in [3.05, 3.63) is 70.6 Å². The Morgan fingerprint density at radius 3 is 2.72 bits per heavy atom. The molecule has 6 rings (SSSR count). The Morgan fingerprint density at radius 1 is 1.18 bits per heavy atom. The van der Waals surface area contributed by atoms with Gasteiger partial charge < -0.3 is 25.3 Å². The van der Waals surface area contributed by atoms with Crippen LogP contribution >= 0.6 is 11.6 Å². The second-order valence-electron chi connectivity index (χ2n) is 9.58. The largest absolute Gasteiger partial charge is 0.439 e. The number of H-pyrrole nitrogens is 1. The van der Waals surface area contributed by atoms with Crippen molar-refractivity contribution in [2.24, 2.45) is 0 Å². The van der Waals surface area contributed by atoms with Crippen LogP contribution in [-0.2, 0) is 11.0 Å². The first kappa shape index (κ1) is 25.1. The van der Waals surface area contributed by atoms with Gasteiger partial charge in [0.2, 0.25) is 5.88 Å². The summed E-state index contributed by atoms with van der Waals surface area (Å²) in [6, 6.07) is 5.80. The molecule has 1 atom stereocenters. The molecule has 0 saturated carbocycles. The Kier molecular flexibility index (Phi) is 5.77. The summed E-state index contributed by atoms with van der Waals surface area (Å²) in [7, 11) is 1.94. The number of pyridine rings is 2. The lowest BCUT2D eigenvalue weighted by Gasteiger charge is -2.35. The number of ether oxygens (including phenoxy) is 1. The third-order valence-corrected chi connectivity index (χ3v) is 7.24. The standard InChI is InChI=1S/C26H20ClF3N6O3/c1-36-7-5-25(12-36)24(38)34-18-11-33-23-20(21(18)35-25)16(10-32-23)22(37)15-3-2-14(9-17(15)27)39-19-8-13(4-6-31-19)26(28,29)30/h2-4,6,8-11,35H,5,7,12H2,1H3,(H,32,33)(H,34,38). The number of likely N-dealkylation sites (N-methyl/N-ethyl adjacent to an activating group) is 1. The van der Waals surface area contributed by atoms with Crippen LogP contribution < -0.4 is 15.4 Å². The monoisotopic (exact) mass is 556 g/mol. The maximum atomic E-state index is 13.6. The topological polar surface area (TPSA) is 112 Å². The van der Waals surface area contributed by atoms with Crippen LogP contribution in [0.1, 0.15) is 27.9 Å². The van der Waals surface area contributed by atoms with E-state index in [9.17, 15) is 22.8 Å². The van der Waals surface area contributed by atoms with Crippen molar-refractivity contribution in [3.63, 3.8) is 0 Å². The van der Waals surface area contributed by atoms with Crippen molar-refractivity contribution in [1.29, 1.82) is 0 Å². The zero-order valence-electron chi connectivity index (χ0n) is 20.3. The smallest absolute Gasteiger partial charge is 0.416 e. The summed E-state index contributed by atoms with van der Waals surface area (Å²) in [6.07, 6.45) is 0.0974. The highest BCUT2D eigenvalue weighted by Gasteiger charge is 2.47. The van der Waals surface area contributed by atoms with Crippen molar-refractivity contribution in [3.8, 4) is 11.6 Å². The summed E-state index contributed by atoms with van der Waals surface area (Å²) in [4.78, 5) is 39.8. The summed E-state index contributed by atoms with van der Waals surface area (Å²) in [6.45, 7) is 1.24. The van der Waals surface area contributed by atoms with Gasteiger partial charge in [0.1, 0.15) is 16.9 Å². The minimum Gasteiger partial charge on any atom is -0.439 e. The van der Waals surface area contributed by atoms with Crippen molar-refractivity contribution < 1.29 is 27.5 Å². The SMILES string of the molecule is CN1CCC2(C1)Nc1c(cnc3[nH]cc(C(=O)c4ccc(Oc5cc(C(F)(F)F)ccn5)cc4Cl)c13)NC2=O. The number of halogens is 4. The number of alkyl halides is 3. The van der Waals surface area contributed by atoms with Crippen LogP contribution in [0, 0.1) is 0 Å². The van der Waals surface area contributed by atoms with E-state index in [4.69, 9.17) is 16.3 Å². The van der Waals surface area contributed by atoms with Crippen LogP contribution in [0.15, 0.2) is 48.9 Å². The molecule has 13 heteroatoms. The van der Waals surface area contributed by atoms with Gasteiger partial charge >= 0.3 is 6.18 Å². The number of nitrogens with zero attached hydrogens (tertiary/aromatic N) is 3. The fourth-order valence-corrected chi connectivity index (χ4v) is 5.23. The van der Waals surface area contributed by atoms with Crippen LogP contribution in [0.25, 0.3) is 11.0 Å². The first-order valence-corrected chi connectivity index (χ1v) is 12.3. The Labute approximate surface area is 224 Å². The number of carbonyl (C=O) groups is 2. The van der Waals surface area contributed by atoms with Crippen LogP contribution in [0.3, 0.4) is 0 Å². The van der Waals surface area contributed by atoms with Gasteiger partial charge in [-0.3, -0.25) is 9.59 Å². The van der Waals surface area contributed by atoms with E-state index in [1.165, 1.54) is 30.6 Å². The van der Waals surface area contributed by atoms with E-state index >= 15 is 0 Å². The maximum absolute atomic E-state index is 13.6. The Balaban J connectivity index is 1.33. The molecule has 5 heterocycles. The van der Waals surface area contributed by atoms with Crippen LogP contribution in [-0.4, -0.2) is 57.2 Å². The molecule has 39 heavy (non-hydrogen) atoms. The number of aromatic amines is 1. The van der Waals surface area contributed by atoms with Gasteiger partial charge in [-0.05, 0) is 31.7 Å². The molecule has 1 amide bonds. The van der Waals surface area contributed by atoms with Crippen LogP contribution in [0.5, 0.6) is 11.6 Å². The molecule has 200 valence electrons. The number of rotatable bonds is 4. The zero-order chi connectivity index (χ0) is 27.5. The molecule has 3 aromatic heterocycles. The number of benzene rings is 1. The highest BCUT2D eigenvalue weighted by atomic mass is 35.5. The minimum absolute atomic E-state index is 0.0340. The predicted molar refractivity (Wildman–Crippen MR) is 137 cm³/mol. The summed E-state index contributed by atoms with van der Waals surface area (Å²) in [5, 5.41) is 6.85. The molecule has 1 unspecified atom stereocenters. The molecule has 2 aliphatic heterocycles. The molecule has 4 aromatic rings. The van der Waals surface area contributed by atoms with E-state index in [0.29, 0.717) is 35.4 Å². The normalized spacial score (nSPS) is 19.2. The second-order valence-corrected chi connectivity index (χ2v) is 9.98. The van der Waals surface area contributed by atoms with Gasteiger partial charge in [0.25, 0.3) is 5.91 Å². The van der Waals surface area contributed by atoms with Gasteiger partial charge in [-0.15, -0.1) is 0 Å². The first-order chi connectivity index (χ1) is 18.5. The zero-order valence-corrected chi connectivity index (χ0v) is 21.1. The van der Waals surface area contributed by atoms with Crippen LogP contribution in [0.2, 0.25) is 5.02 Å². The molecule has 1 saturated heterocycles. The van der Waals surface area contributed by atoms with Gasteiger partial charge in [-0.25, -0.2) is 9.97 Å². The highest BCUT2D eigenvalue weighted by Crippen LogP contribution is 2.41. The number of anilines is 2. The second kappa shape index (κ2) is 8.95. The van der Waals surface area contributed by atoms with Crippen molar-refractivity contribution in [1.82, 2.24) is 19.9 Å². The number of ketones is 1. The molecule has 0 radical (unpaired) electrons. The molecule has 3 N–H and O–H groups in total. The molecular formula is C26H20ClF3N6O3. The lowest BCUT2D eigenvalue weighted by Crippen LogP contribution is -2.54. The molecule has 9 nitrogen and oxygen atoms in total. The molecule has 0 bridgehead atoms. The number of carbonyl (C=O) groups excluding carboxylic acids is 2. The predicted octanol–water partition coefficient (Wildman–Crippen LogP) is 5.09. The van der Waals surface area contributed by atoms with Crippen LogP contribution in [0.4, 0.5) is 24.5 Å². The van der Waals surface area contributed by atoms with Gasteiger partial charge in [-0.2, -0.15) is 13.2 Å². The fraction of sp³-hybridized carbons (Fsp3) is 0.231. The molecule has 1 fully saturated rings. The third kappa shape index (κ3) is 4.35. The fourth-order valence-electron chi connectivity index (χ4n) is 4.98. The van der Waals surface area contributed by atoms with Crippen molar-refractivity contribution in [2.45, 2.75) is 18.1 Å². The molecule has 2 aliphatic rings. The lowest BCUT2D eigenvalue weighted by molar-refractivity contribution is -0.137. The number of likely N-dealkylation sites (tertiary alicyclic amines) is 1. The number of aromatic nitrogens is 3. The van der Waals surface area contributed by atoms with Gasteiger partial charge in [0.05, 0.1) is 39.1 Å². The number of hydrogen-bond donors (Lipinski definition) is 3. The molecule has 1 aromatic carbocycles. The summed E-state index contributed by atoms with van der Waals surface area (Å²) in [5.41, 5.74) is 0.202. The van der Waals surface area contributed by atoms with E-state index in [-0.39, 0.29) is 33.7 Å². The van der Waals surface area contributed by atoms with E-state index in [1.54, 1.807) is 0 Å². The van der Waals surface area contributed by atoms with E-state index < -0.39 is 23.1 Å². The molecule has 1 spiro atoms.